The van der Waals surface area contributed by atoms with E-state index in [2.05, 4.69) is 43.2 Å². The van der Waals surface area contributed by atoms with Gasteiger partial charge in [-0.05, 0) is 56.4 Å². The smallest absolute Gasteiger partial charge is 0.409 e. The third kappa shape index (κ3) is 12.2. The van der Waals surface area contributed by atoms with Crippen LogP contribution >= 0.6 is 0 Å². The maximum absolute atomic E-state index is 17.2. The summed E-state index contributed by atoms with van der Waals surface area (Å²) in [5, 5.41) is 10.6. The molecule has 1 aliphatic carbocycles. The minimum absolute atomic E-state index is 0.0119. The van der Waals surface area contributed by atoms with Gasteiger partial charge in [0.1, 0.15) is 42.1 Å². The third-order valence-electron chi connectivity index (χ3n) is 16.7. The van der Waals surface area contributed by atoms with Crippen LogP contribution in [0.1, 0.15) is 56.9 Å². The van der Waals surface area contributed by atoms with Gasteiger partial charge in [-0.2, -0.15) is 9.97 Å². The number of benzene rings is 2. The number of nitrogens with one attached hydrogen (secondary N) is 3. The Kier molecular flexibility index (Phi) is 17.5. The summed E-state index contributed by atoms with van der Waals surface area (Å²) >= 11 is 0. The molecule has 21 nitrogen and oxygen atoms in total. The lowest BCUT2D eigenvalue weighted by molar-refractivity contribution is -0.149. The molecular weight excluding hydrogens is 1070 g/mol. The van der Waals surface area contributed by atoms with Crippen LogP contribution < -0.4 is 25.6 Å². The molecule has 6 aliphatic heterocycles. The van der Waals surface area contributed by atoms with Crippen molar-refractivity contribution in [2.75, 3.05) is 111 Å². The Morgan fingerprint density at radius 1 is 0.928 bits per heavy atom. The Hall–Kier alpha value is -7.30. The SMILES string of the molecule is C#Cc1c(F)ccc2cccc(-c3ncc4c(N5CC6CCC(C5)N6)nc(OC[C@@]56CC[C@@H](COC(=O)N(C)CCOCCOCCOCCOCCNC7C=C8C(=O)N(C9CCC(=O)NC9=O)C(=O)C8=CC7)N5CC(=C)C6)nc4c3F)c12. The molecule has 6 atom stereocenters. The maximum atomic E-state index is 17.2. The first-order valence-electron chi connectivity index (χ1n) is 28.5. The number of fused-ring (bicyclic) bond motifs is 6. The number of amides is 5. The molecule has 2 aromatic carbocycles. The molecule has 2 bridgehead atoms. The average molecular weight is 1140 g/mol. The van der Waals surface area contributed by atoms with E-state index in [1.165, 1.54) is 11.0 Å². The summed E-state index contributed by atoms with van der Waals surface area (Å²) in [7, 11) is 1.66. The number of piperidine rings is 1. The second kappa shape index (κ2) is 25.3. The Morgan fingerprint density at radius 3 is 2.41 bits per heavy atom. The van der Waals surface area contributed by atoms with Crippen molar-refractivity contribution >= 4 is 57.2 Å². The van der Waals surface area contributed by atoms with Crippen molar-refractivity contribution in [1.29, 1.82) is 0 Å². The number of aromatic nitrogens is 3. The van der Waals surface area contributed by atoms with Crippen molar-refractivity contribution in [2.45, 2.75) is 87.1 Å². The topological polar surface area (TPSA) is 228 Å². The summed E-state index contributed by atoms with van der Waals surface area (Å²) in [6.07, 6.45) is 15.2. The second-order valence-corrected chi connectivity index (χ2v) is 22.2. The zero-order valence-corrected chi connectivity index (χ0v) is 46.4. The van der Waals surface area contributed by atoms with Crippen LogP contribution in [0.3, 0.4) is 0 Å². The van der Waals surface area contributed by atoms with Gasteiger partial charge < -0.3 is 48.9 Å². The first-order valence-corrected chi connectivity index (χ1v) is 28.5. The zero-order chi connectivity index (χ0) is 57.8. The number of likely N-dealkylation sites (N-methyl/N-ethyl adjacent to an activating group) is 1. The number of ether oxygens (including phenoxy) is 6. The van der Waals surface area contributed by atoms with Crippen LogP contribution in [-0.4, -0.2) is 201 Å². The van der Waals surface area contributed by atoms with Gasteiger partial charge >= 0.3 is 12.1 Å². The third-order valence-corrected chi connectivity index (χ3v) is 16.7. The monoisotopic (exact) mass is 1140 g/mol. The number of terminal acetylenes is 1. The normalized spacial score (nSPS) is 24.1. The first-order chi connectivity index (χ1) is 40.3. The lowest BCUT2D eigenvalue weighted by atomic mass is 9.94. The van der Waals surface area contributed by atoms with Gasteiger partial charge in [-0.15, -0.1) is 6.42 Å². The number of rotatable bonds is 24. The molecule has 23 heteroatoms. The number of halogens is 2. The maximum Gasteiger partial charge on any atom is 0.409 e. The molecule has 438 valence electrons. The van der Waals surface area contributed by atoms with Crippen molar-refractivity contribution in [3.05, 3.63) is 89.2 Å². The van der Waals surface area contributed by atoms with E-state index in [0.29, 0.717) is 119 Å². The highest BCUT2D eigenvalue weighted by Gasteiger charge is 2.52. The standard InChI is InChI=1S/C60H68F2N10O11/c1-4-42-47(61)13-8-37-6-5-7-44(50(37)42)52-51(62)53-46(30-64-52)54(70-32-39-9-10-40(33-70)65-39)68-58(67-53)83-35-60-17-16-41(71(60)31-36(2)29-60)34-82-59(77)69(3)19-21-79-23-25-81-27-26-80-24-22-78-20-18-63-38-11-12-43-45(28-38)57(76)72(56(43)75)48-14-15-49(73)66-55(48)74/h1,5-8,12-13,28,30,38-41,48,63,65H,2,9-11,14-27,29,31-35H2,3H3,(H,66,73,74)/t38?,39?,40?,41-,48?,60-/m0/s1. The van der Waals surface area contributed by atoms with Crippen molar-refractivity contribution in [3.63, 3.8) is 0 Å². The fourth-order valence-electron chi connectivity index (χ4n) is 12.6. The molecule has 0 radical (unpaired) electrons. The van der Waals surface area contributed by atoms with E-state index >= 15 is 8.78 Å². The highest BCUT2D eigenvalue weighted by Crippen LogP contribution is 2.45. The fraction of sp³-hybridized carbons (Fsp3) is 0.500. The molecule has 4 aromatic rings. The molecule has 8 heterocycles. The van der Waals surface area contributed by atoms with Crippen molar-refractivity contribution in [1.82, 2.24) is 45.6 Å². The summed E-state index contributed by atoms with van der Waals surface area (Å²) < 4.78 is 67.3. The van der Waals surface area contributed by atoms with Crippen LogP contribution in [0.15, 0.2) is 72.0 Å². The van der Waals surface area contributed by atoms with Gasteiger partial charge in [0.2, 0.25) is 11.8 Å². The van der Waals surface area contributed by atoms with Crippen LogP contribution in [0.2, 0.25) is 0 Å². The molecule has 2 aromatic heterocycles. The number of hydrogen-bond acceptors (Lipinski definition) is 18. The number of nitrogens with zero attached hydrogens (tertiary/aromatic N) is 7. The summed E-state index contributed by atoms with van der Waals surface area (Å²) in [6, 6.07) is 7.45. The molecule has 7 aliphatic rings. The average Bonchev–Trinajstić information content (AvgIpc) is 4.36. The lowest BCUT2D eigenvalue weighted by Gasteiger charge is -2.35. The number of imide groups is 2. The number of anilines is 1. The van der Waals surface area contributed by atoms with Crippen molar-refractivity contribution in [3.8, 4) is 29.6 Å². The number of hydrogen-bond donors (Lipinski definition) is 3. The van der Waals surface area contributed by atoms with Gasteiger partial charge in [0.25, 0.3) is 11.8 Å². The molecular formula is C60H68F2N10O11. The summed E-state index contributed by atoms with van der Waals surface area (Å²) in [5.74, 6) is -0.382. The summed E-state index contributed by atoms with van der Waals surface area (Å²) in [5.41, 5.74) is 1.51. The quantitative estimate of drug-likeness (QED) is 0.0388. The molecule has 0 spiro atoms. The van der Waals surface area contributed by atoms with E-state index < -0.39 is 52.9 Å². The minimum Gasteiger partial charge on any atom is -0.461 e. The molecule has 11 rings (SSSR count). The Bertz CT molecular complexity index is 3310. The number of carbonyl (C=O) groups is 5. The van der Waals surface area contributed by atoms with Crippen LogP contribution in [0, 0.1) is 24.0 Å². The molecule has 5 amide bonds. The largest absolute Gasteiger partial charge is 0.461 e. The number of likely N-dealkylation sites (tertiary alicyclic amines) is 1. The van der Waals surface area contributed by atoms with Gasteiger partial charge in [0, 0.05) is 93.1 Å². The molecule has 4 unspecified atom stereocenters. The predicted octanol–water partition coefficient (Wildman–Crippen LogP) is 4.11. The second-order valence-electron chi connectivity index (χ2n) is 22.2. The van der Waals surface area contributed by atoms with Crippen LogP contribution in [0.4, 0.5) is 19.4 Å². The fourth-order valence-corrected chi connectivity index (χ4v) is 12.6. The molecule has 6 fully saturated rings. The molecule has 6 saturated heterocycles. The predicted molar refractivity (Wildman–Crippen MR) is 300 cm³/mol. The number of pyridine rings is 1. The van der Waals surface area contributed by atoms with E-state index in [0.717, 1.165) is 36.2 Å². The van der Waals surface area contributed by atoms with Crippen LogP contribution in [0.5, 0.6) is 6.01 Å². The van der Waals surface area contributed by atoms with Crippen molar-refractivity contribution < 1.29 is 61.2 Å². The Labute approximate surface area is 479 Å². The van der Waals surface area contributed by atoms with Gasteiger partial charge in [0.05, 0.1) is 74.9 Å². The number of piperazine rings is 1. The number of carbonyl (C=O) groups excluding carboxylic acids is 5. The van der Waals surface area contributed by atoms with E-state index in [4.69, 9.17) is 44.8 Å². The summed E-state index contributed by atoms with van der Waals surface area (Å²) in [4.78, 5) is 84.4. The highest BCUT2D eigenvalue weighted by atomic mass is 19.1. The van der Waals surface area contributed by atoms with E-state index in [9.17, 15) is 24.0 Å². The molecule has 0 saturated carbocycles. The first kappa shape index (κ1) is 57.5. The van der Waals surface area contributed by atoms with Gasteiger partial charge in [-0.1, -0.05) is 54.5 Å². The van der Waals surface area contributed by atoms with Crippen LogP contribution in [0.25, 0.3) is 32.9 Å². The summed E-state index contributed by atoms with van der Waals surface area (Å²) in [6.45, 7) is 10.3. The van der Waals surface area contributed by atoms with E-state index in [1.807, 2.05) is 0 Å². The molecule has 3 N–H and O–H groups in total. The lowest BCUT2D eigenvalue weighted by Crippen LogP contribution is -2.54. The van der Waals surface area contributed by atoms with E-state index in [1.54, 1.807) is 49.7 Å². The minimum atomic E-state index is -0.997. The van der Waals surface area contributed by atoms with Gasteiger partial charge in [-0.25, -0.2) is 13.6 Å². The van der Waals surface area contributed by atoms with Gasteiger partial charge in [-0.3, -0.25) is 39.3 Å². The zero-order valence-electron chi connectivity index (χ0n) is 46.4. The van der Waals surface area contributed by atoms with Gasteiger partial charge in [0.15, 0.2) is 5.82 Å². The Balaban J connectivity index is 0.588. The van der Waals surface area contributed by atoms with Crippen LogP contribution in [-0.2, 0) is 42.9 Å². The molecule has 83 heavy (non-hydrogen) atoms. The van der Waals surface area contributed by atoms with Crippen molar-refractivity contribution in [2.24, 2.45) is 0 Å². The highest BCUT2D eigenvalue weighted by molar-refractivity contribution is 6.26. The van der Waals surface area contributed by atoms with E-state index in [-0.39, 0.29) is 90.8 Å². The Morgan fingerprint density at radius 2 is 1.66 bits per heavy atom.